The van der Waals surface area contributed by atoms with E-state index in [4.69, 9.17) is 14.2 Å². The second-order valence-corrected chi connectivity index (χ2v) is 21.7. The molecule has 1 N–H and O–H groups in total. The number of rotatable bonds is 18. The molecule has 10 heteroatoms. The standard InChI is InChI=1S/C45H73NO8S/c1-30(2)16-12-17-31(3)18-13-19-32(4)20-14-23-43(9)24-22-36-37(28-46(11)27-15-21-35(46)29-55(49,50)51)38(33(5)34(6)39(36)53-43)52-41(48)45-26-25-44(10,40(47)54-45)42(45,7)8/h30-32,35H,12-29H2,1-11H3/p+1/t31-,32-,35+,43+,44+,45-,46?/m1/s1. The van der Waals surface area contributed by atoms with E-state index in [0.717, 1.165) is 78.5 Å². The minimum absolute atomic E-state index is 0.301. The van der Waals surface area contributed by atoms with Gasteiger partial charge in [-0.2, -0.15) is 8.42 Å². The molecule has 4 aliphatic rings. The van der Waals surface area contributed by atoms with Gasteiger partial charge in [0.2, 0.25) is 5.60 Å². The van der Waals surface area contributed by atoms with Gasteiger partial charge in [0.15, 0.2) is 0 Å². The van der Waals surface area contributed by atoms with Crippen LogP contribution in [0.4, 0.5) is 0 Å². The second kappa shape index (κ2) is 16.2. The fourth-order valence-electron chi connectivity index (χ4n) is 10.6. The summed E-state index contributed by atoms with van der Waals surface area (Å²) in [6.07, 6.45) is 15.1. The van der Waals surface area contributed by atoms with Gasteiger partial charge in [-0.15, -0.1) is 0 Å². The lowest BCUT2D eigenvalue weighted by molar-refractivity contribution is -0.931. The molecule has 2 saturated heterocycles. The molecular weight excluding hydrogens is 715 g/mol. The van der Waals surface area contributed by atoms with Gasteiger partial charge in [-0.05, 0) is 95.1 Å². The zero-order valence-electron chi connectivity index (χ0n) is 36.2. The maximum absolute atomic E-state index is 14.4. The third-order valence-corrected chi connectivity index (χ3v) is 16.1. The first-order chi connectivity index (χ1) is 25.5. The number of quaternary nitrogens is 1. The SMILES string of the molecule is Cc1c(C)c2c(c(C[N+]3(C)CCC[C@H]3CS(=O)(=O)O)c1OC(=O)[C@@]13CC[C@@](C)(C(=O)O1)C3(C)C)CC[C@](C)(CCC[C@H](C)CCC[C@H](C)CCCC(C)C)O2. The molecule has 1 saturated carbocycles. The number of hydrogen-bond acceptors (Lipinski definition) is 7. The molecule has 0 spiro atoms. The predicted octanol–water partition coefficient (Wildman–Crippen LogP) is 9.85. The molecule has 3 heterocycles. The average molecular weight is 789 g/mol. The van der Waals surface area contributed by atoms with Gasteiger partial charge in [-0.25, -0.2) is 4.79 Å². The van der Waals surface area contributed by atoms with Gasteiger partial charge in [0, 0.05) is 23.8 Å². The Hall–Kier alpha value is -2.17. The monoisotopic (exact) mass is 789 g/mol. The number of esters is 2. The number of ether oxygens (including phenoxy) is 3. The largest absolute Gasteiger partial charge is 0.487 e. The van der Waals surface area contributed by atoms with Gasteiger partial charge in [-0.1, -0.05) is 86.5 Å². The van der Waals surface area contributed by atoms with E-state index in [0.29, 0.717) is 42.0 Å². The van der Waals surface area contributed by atoms with Crippen LogP contribution in [0.1, 0.15) is 168 Å². The Morgan fingerprint density at radius 1 is 0.909 bits per heavy atom. The van der Waals surface area contributed by atoms with E-state index < -0.39 is 32.5 Å². The van der Waals surface area contributed by atoms with Crippen molar-refractivity contribution in [3.05, 3.63) is 22.3 Å². The van der Waals surface area contributed by atoms with Crippen LogP contribution in [-0.4, -0.2) is 66.0 Å². The maximum Gasteiger partial charge on any atom is 0.356 e. The van der Waals surface area contributed by atoms with E-state index in [2.05, 4.69) is 34.6 Å². The highest BCUT2D eigenvalue weighted by atomic mass is 32.2. The summed E-state index contributed by atoms with van der Waals surface area (Å²) in [5.74, 6) is 2.36. The van der Waals surface area contributed by atoms with E-state index in [1.807, 2.05) is 41.7 Å². The molecule has 5 rings (SSSR count). The first-order valence-electron chi connectivity index (χ1n) is 21.6. The van der Waals surface area contributed by atoms with Crippen LogP contribution in [0.15, 0.2) is 0 Å². The van der Waals surface area contributed by atoms with Crippen molar-refractivity contribution in [3.8, 4) is 11.5 Å². The number of carbonyl (C=O) groups excluding carboxylic acids is 2. The molecule has 7 atom stereocenters. The quantitative estimate of drug-likeness (QED) is 0.0677. The van der Waals surface area contributed by atoms with Crippen LogP contribution in [0.2, 0.25) is 0 Å². The highest BCUT2D eigenvalue weighted by molar-refractivity contribution is 7.85. The van der Waals surface area contributed by atoms with Gasteiger partial charge in [0.25, 0.3) is 10.1 Å². The third-order valence-electron chi connectivity index (χ3n) is 15.3. The summed E-state index contributed by atoms with van der Waals surface area (Å²) < 4.78 is 54.1. The molecule has 1 aromatic rings. The highest BCUT2D eigenvalue weighted by Crippen LogP contribution is 2.66. The molecule has 0 amide bonds. The van der Waals surface area contributed by atoms with Crippen molar-refractivity contribution in [1.82, 2.24) is 0 Å². The lowest BCUT2D eigenvalue weighted by Gasteiger charge is -2.41. The fraction of sp³-hybridized carbons (Fsp3) is 0.822. The van der Waals surface area contributed by atoms with Crippen LogP contribution in [0.25, 0.3) is 0 Å². The number of carbonyl (C=O) groups is 2. The van der Waals surface area contributed by atoms with Gasteiger partial charge >= 0.3 is 11.9 Å². The molecule has 1 aromatic carbocycles. The van der Waals surface area contributed by atoms with E-state index in [9.17, 15) is 22.6 Å². The van der Waals surface area contributed by atoms with Crippen molar-refractivity contribution >= 4 is 22.1 Å². The normalized spacial score (nSPS) is 30.9. The van der Waals surface area contributed by atoms with E-state index in [-0.39, 0.29) is 23.4 Å². The molecule has 3 fully saturated rings. The Morgan fingerprint density at radius 2 is 1.53 bits per heavy atom. The highest BCUT2D eigenvalue weighted by Gasteiger charge is 2.76. The van der Waals surface area contributed by atoms with E-state index in [1.54, 1.807) is 0 Å². The Kier molecular flexibility index (Phi) is 13.0. The van der Waals surface area contributed by atoms with Crippen LogP contribution >= 0.6 is 0 Å². The van der Waals surface area contributed by atoms with Crippen molar-refractivity contribution in [2.45, 2.75) is 189 Å². The zero-order valence-corrected chi connectivity index (χ0v) is 37.0. The summed E-state index contributed by atoms with van der Waals surface area (Å²) in [4.78, 5) is 27.6. The van der Waals surface area contributed by atoms with Crippen molar-refractivity contribution in [1.29, 1.82) is 0 Å². The van der Waals surface area contributed by atoms with E-state index >= 15 is 0 Å². The number of likely N-dealkylation sites (tertiary alicyclic amines) is 1. The molecule has 55 heavy (non-hydrogen) atoms. The van der Waals surface area contributed by atoms with Crippen molar-refractivity contribution in [2.75, 3.05) is 19.3 Å². The fourth-order valence-corrected chi connectivity index (χ4v) is 11.6. The van der Waals surface area contributed by atoms with E-state index in [1.165, 1.54) is 44.9 Å². The minimum atomic E-state index is -4.19. The number of fused-ring (bicyclic) bond motifs is 3. The number of hydrogen-bond donors (Lipinski definition) is 1. The molecule has 1 unspecified atom stereocenters. The van der Waals surface area contributed by atoms with Gasteiger partial charge < -0.3 is 18.7 Å². The first-order valence-corrected chi connectivity index (χ1v) is 23.2. The number of benzene rings is 1. The molecule has 1 aliphatic carbocycles. The van der Waals surface area contributed by atoms with Crippen LogP contribution in [0.5, 0.6) is 11.5 Å². The smallest absolute Gasteiger partial charge is 0.356 e. The minimum Gasteiger partial charge on any atom is -0.487 e. The Labute approximate surface area is 333 Å². The van der Waals surface area contributed by atoms with Crippen molar-refractivity contribution in [2.24, 2.45) is 28.6 Å². The van der Waals surface area contributed by atoms with Gasteiger partial charge in [-0.3, -0.25) is 9.35 Å². The van der Waals surface area contributed by atoms with Gasteiger partial charge in [0.05, 0.1) is 24.6 Å². The molecular formula is C45H74NO8S+. The second-order valence-electron chi connectivity index (χ2n) is 20.2. The third kappa shape index (κ3) is 8.81. The Balaban J connectivity index is 1.36. The van der Waals surface area contributed by atoms with Crippen LogP contribution in [-0.2, 0) is 37.4 Å². The van der Waals surface area contributed by atoms with Crippen LogP contribution in [0, 0.1) is 42.4 Å². The molecule has 2 bridgehead atoms. The Bertz CT molecular complexity index is 1700. The lowest BCUT2D eigenvalue weighted by atomic mass is 9.66. The summed E-state index contributed by atoms with van der Waals surface area (Å²) in [7, 11) is -2.15. The summed E-state index contributed by atoms with van der Waals surface area (Å²) in [5.41, 5.74) is 0.343. The molecule has 0 aromatic heterocycles. The Morgan fingerprint density at radius 3 is 2.09 bits per heavy atom. The zero-order chi connectivity index (χ0) is 40.8. The topological polar surface area (TPSA) is 116 Å². The molecule has 9 nitrogen and oxygen atoms in total. The van der Waals surface area contributed by atoms with Gasteiger partial charge in [0.1, 0.15) is 35.4 Å². The summed E-state index contributed by atoms with van der Waals surface area (Å²) in [6.45, 7) is 22.5. The first kappa shape index (κ1) is 43.9. The molecule has 312 valence electrons. The summed E-state index contributed by atoms with van der Waals surface area (Å²) >= 11 is 0. The maximum atomic E-state index is 14.4. The van der Waals surface area contributed by atoms with Crippen molar-refractivity contribution in [3.63, 3.8) is 0 Å². The van der Waals surface area contributed by atoms with Crippen molar-refractivity contribution < 1.29 is 41.3 Å². The average Bonchev–Trinajstić information content (AvgIpc) is 3.58. The molecule has 0 radical (unpaired) electrons. The predicted molar refractivity (Wildman–Crippen MR) is 218 cm³/mol. The number of nitrogens with zero attached hydrogens (tertiary/aromatic N) is 1. The van der Waals surface area contributed by atoms with Crippen LogP contribution in [0.3, 0.4) is 0 Å². The van der Waals surface area contributed by atoms with Crippen LogP contribution < -0.4 is 9.47 Å². The molecule has 3 aliphatic heterocycles. The summed E-state index contributed by atoms with van der Waals surface area (Å²) in [6, 6.07) is -0.301. The summed E-state index contributed by atoms with van der Waals surface area (Å²) in [5, 5.41) is 0. The lowest BCUT2D eigenvalue weighted by Crippen LogP contribution is -2.51.